The van der Waals surface area contributed by atoms with E-state index in [0.717, 1.165) is 105 Å². The molecule has 0 spiro atoms. The van der Waals surface area contributed by atoms with Gasteiger partial charge >= 0.3 is 0 Å². The normalized spacial score (nSPS) is 12.7. The van der Waals surface area contributed by atoms with Crippen LogP contribution in [-0.4, -0.2) is 13.7 Å². The first-order chi connectivity index (χ1) is 69.6. The van der Waals surface area contributed by atoms with Crippen molar-refractivity contribution in [1.82, 2.24) is 13.7 Å². The van der Waals surface area contributed by atoms with Crippen LogP contribution in [0.15, 0.2) is 514 Å². The topological polar surface area (TPSA) is 14.8 Å². The van der Waals surface area contributed by atoms with E-state index in [-0.39, 0.29) is 65.8 Å². The Morgan fingerprint density at radius 2 is 0.439 bits per heavy atom. The van der Waals surface area contributed by atoms with Gasteiger partial charge in [0.1, 0.15) is 0 Å². The smallest absolute Gasteiger partial charge is 0.0645 e. The highest BCUT2D eigenvalue weighted by atomic mass is 79.9. The zero-order valence-corrected chi connectivity index (χ0v) is 73.4. The molecule has 622 valence electrons. The van der Waals surface area contributed by atoms with Gasteiger partial charge < -0.3 is 13.7 Å². The number of nitrogens with zero attached hydrogens (tertiary/aromatic N) is 3. The van der Waals surface area contributed by atoms with Crippen LogP contribution in [0.5, 0.6) is 0 Å². The molecule has 0 N–H and O–H groups in total. The maximum absolute atomic E-state index is 8.80. The van der Waals surface area contributed by atoms with E-state index in [0.29, 0.717) is 0 Å². The minimum absolute atomic E-state index is 0.139. The molecule has 0 saturated heterocycles. The highest BCUT2D eigenvalue weighted by Crippen LogP contribution is 2.50. The van der Waals surface area contributed by atoms with Gasteiger partial charge in [-0.15, -0.1) is 0 Å². The minimum Gasteiger partial charge on any atom is -0.309 e. The van der Waals surface area contributed by atoms with Crippen LogP contribution >= 0.6 is 15.9 Å². The summed E-state index contributed by atoms with van der Waals surface area (Å²) >= 11 is 3.48. The van der Waals surface area contributed by atoms with Gasteiger partial charge in [0.2, 0.25) is 0 Å². The number of halogens is 1. The first-order valence-electron chi connectivity index (χ1n) is 49.6. The summed E-state index contributed by atoms with van der Waals surface area (Å²) in [5.74, 6) is 0. The van der Waals surface area contributed by atoms with Gasteiger partial charge in [-0.25, -0.2) is 0 Å². The Bertz CT molecular complexity index is 8640. The van der Waals surface area contributed by atoms with Crippen molar-refractivity contribution in [3.05, 3.63) is 536 Å². The SMILES string of the molecule is [2H]c1c([2H])c([2H])c(-n2c3ccccc3c3cc(-n4c5ccccc5c5cc(-c6c(-c7ccccc7)cccc6-c6ccccc6)ccc54)ccc32)c([2H])c1[2H].[2H]c1c([2H])c([2H])c(-n2c3ccccc3c3cc(Br)ccc32)c([2H])c1[2H].c1ccc(-c2cccc(-c3ccccc3)c2-c2ccc3c(c2)-c2ccccc2C3)cc1.c1ccc(-c2cccc(-c3ccccc3)c2-c2ccc3c(c2)-c2ccccc2C3)cc1. The summed E-state index contributed by atoms with van der Waals surface area (Å²) < 4.78 is 89.7. The summed E-state index contributed by atoms with van der Waals surface area (Å²) in [6, 6.07) is 155. The quantitative estimate of drug-likeness (QED) is 0.116. The second-order valence-electron chi connectivity index (χ2n) is 33.4. The number of hydrogen-bond donors (Lipinski definition) is 0. The van der Waals surface area contributed by atoms with Crippen LogP contribution in [0.3, 0.4) is 0 Å². The Hall–Kier alpha value is -16.5. The standard InChI is InChI=1S/C48H32N2.2C31H22.C18H12BrN/c1-4-15-33(16-5-1)38-23-14-24-39(34-17-6-2-7-18-34)48(38)35-27-29-46-42(31-35)40-21-10-13-26-45(40)50(46)37-28-30-47-43(32-37)41-22-11-12-25-44(41)49(47)36-19-8-3-9-20-36;2*1-3-10-22(11-4-1)28-16-9-17-29(23-12-5-2-6-13-23)31(28)26-19-18-25-20-24-14-7-8-15-27(24)30(25)21-26;19-13-10-11-18-16(12-13)15-8-4-5-9-17(15)20(18)14-6-2-1-3-7-14/h1-32H;2*1-19,21H,20H2;1-12H/i3D,8D,9D,19D,20D;;;1D,2D,3D,6D,7D. The van der Waals surface area contributed by atoms with E-state index in [9.17, 15) is 0 Å². The highest BCUT2D eigenvalue weighted by molar-refractivity contribution is 9.10. The Labute approximate surface area is 791 Å². The number of fused-ring (bicyclic) bond motifs is 15. The van der Waals surface area contributed by atoms with Crippen molar-refractivity contribution in [3.8, 4) is 139 Å². The summed E-state index contributed by atoms with van der Waals surface area (Å²) in [4.78, 5) is 0. The molecule has 0 fully saturated rings. The van der Waals surface area contributed by atoms with E-state index in [1.165, 1.54) is 128 Å². The van der Waals surface area contributed by atoms with Crippen molar-refractivity contribution in [3.63, 3.8) is 0 Å². The van der Waals surface area contributed by atoms with E-state index in [4.69, 9.17) is 13.7 Å². The van der Waals surface area contributed by atoms with Crippen molar-refractivity contribution < 1.29 is 13.7 Å². The molecule has 21 aromatic carbocycles. The van der Waals surface area contributed by atoms with Gasteiger partial charge in [0, 0.05) is 53.9 Å². The van der Waals surface area contributed by atoms with Gasteiger partial charge in [-0.05, 0) is 261 Å². The average molecular weight is 1760 g/mol. The van der Waals surface area contributed by atoms with E-state index >= 15 is 0 Å². The monoisotopic (exact) mass is 1760 g/mol. The molecule has 0 radical (unpaired) electrons. The molecule has 2 aliphatic carbocycles. The summed E-state index contributed by atoms with van der Waals surface area (Å²) in [5, 5.41) is 6.05. The first kappa shape index (κ1) is 69.6. The number of aromatic nitrogens is 3. The highest BCUT2D eigenvalue weighted by Gasteiger charge is 2.26. The van der Waals surface area contributed by atoms with Crippen LogP contribution < -0.4 is 0 Å². The van der Waals surface area contributed by atoms with Crippen molar-refractivity contribution in [2.45, 2.75) is 12.8 Å². The number of benzene rings is 21. The van der Waals surface area contributed by atoms with Crippen molar-refractivity contribution in [2.75, 3.05) is 0 Å². The Morgan fingerprint density at radius 3 is 0.811 bits per heavy atom. The van der Waals surface area contributed by atoms with Crippen LogP contribution in [0.25, 0.3) is 205 Å². The predicted molar refractivity (Wildman–Crippen MR) is 562 cm³/mol. The second kappa shape index (κ2) is 35.3. The van der Waals surface area contributed by atoms with Crippen LogP contribution in [0.1, 0.15) is 36.0 Å². The molecule has 3 aromatic heterocycles. The second-order valence-corrected chi connectivity index (χ2v) is 34.3. The summed E-state index contributed by atoms with van der Waals surface area (Å²) in [7, 11) is 0. The lowest BCUT2D eigenvalue weighted by Crippen LogP contribution is -1.95. The molecule has 3 heterocycles. The van der Waals surface area contributed by atoms with E-state index < -0.39 is 6.04 Å². The molecule has 24 aromatic rings. The fourth-order valence-corrected chi connectivity index (χ4v) is 20.3. The molecule has 0 bridgehead atoms. The van der Waals surface area contributed by atoms with Crippen LogP contribution in [0.4, 0.5) is 0 Å². The largest absolute Gasteiger partial charge is 0.309 e. The lowest BCUT2D eigenvalue weighted by Gasteiger charge is -2.17. The van der Waals surface area contributed by atoms with Crippen molar-refractivity contribution in [2.24, 2.45) is 0 Å². The molecule has 0 amide bonds. The molecule has 2 aliphatic rings. The maximum Gasteiger partial charge on any atom is 0.0645 e. The van der Waals surface area contributed by atoms with Gasteiger partial charge in [0.25, 0.3) is 0 Å². The van der Waals surface area contributed by atoms with Gasteiger partial charge in [-0.3, -0.25) is 0 Å². The van der Waals surface area contributed by atoms with Crippen molar-refractivity contribution in [1.29, 1.82) is 0 Å². The third kappa shape index (κ3) is 15.0. The molecule has 26 rings (SSSR count). The number of para-hydroxylation sites is 5. The maximum atomic E-state index is 8.80. The molecule has 3 nitrogen and oxygen atoms in total. The molecular formula is C128H88BrN3. The van der Waals surface area contributed by atoms with Crippen LogP contribution in [0.2, 0.25) is 0 Å². The Kier molecular flexibility index (Phi) is 18.6. The zero-order valence-electron chi connectivity index (χ0n) is 81.9. The van der Waals surface area contributed by atoms with Crippen LogP contribution in [0, 0.1) is 0 Å². The van der Waals surface area contributed by atoms with Gasteiger partial charge in [-0.2, -0.15) is 0 Å². The van der Waals surface area contributed by atoms with Gasteiger partial charge in [-0.1, -0.05) is 422 Å². The molecular weight excluding hydrogens is 1660 g/mol. The average Bonchev–Trinajstić information content (AvgIpc) is 1.46. The lowest BCUT2D eigenvalue weighted by atomic mass is 9.86. The fraction of sp³-hybridized carbons (Fsp3) is 0.0156. The third-order valence-corrected chi connectivity index (χ3v) is 26.3. The fourth-order valence-electron chi connectivity index (χ4n) is 19.9. The molecule has 132 heavy (non-hydrogen) atoms. The number of rotatable bonds is 12. The van der Waals surface area contributed by atoms with Gasteiger partial charge in [0.15, 0.2) is 0 Å². The van der Waals surface area contributed by atoms with E-state index in [2.05, 4.69) is 397 Å². The van der Waals surface area contributed by atoms with Crippen molar-refractivity contribution >= 4 is 81.3 Å². The molecule has 0 saturated carbocycles. The first-order valence-corrected chi connectivity index (χ1v) is 45.4. The molecule has 4 heteroatoms. The summed E-state index contributed by atoms with van der Waals surface area (Å²) in [6.45, 7) is 0. The third-order valence-electron chi connectivity index (χ3n) is 25.8. The van der Waals surface area contributed by atoms with Gasteiger partial charge in [0.05, 0.1) is 46.8 Å². The zero-order chi connectivity index (χ0) is 96.5. The van der Waals surface area contributed by atoms with Crippen LogP contribution in [-0.2, 0) is 12.8 Å². The predicted octanol–water partition coefficient (Wildman–Crippen LogP) is 34.9. The lowest BCUT2D eigenvalue weighted by molar-refractivity contribution is 1.17. The molecule has 0 unspecified atom stereocenters. The van der Waals surface area contributed by atoms with E-state index in [1.807, 2.05) is 72.8 Å². The Morgan fingerprint density at radius 1 is 0.174 bits per heavy atom. The minimum atomic E-state index is -0.406. The molecule has 0 aliphatic heterocycles. The molecule has 0 atom stereocenters. The number of hydrogen-bond acceptors (Lipinski definition) is 0. The summed E-state index contributed by atoms with van der Waals surface area (Å²) in [6.07, 6.45) is 2.05. The van der Waals surface area contributed by atoms with E-state index in [1.54, 1.807) is 9.13 Å². The summed E-state index contributed by atoms with van der Waals surface area (Å²) in [5.41, 5.74) is 39.9. The Balaban J connectivity index is 0.000000111.